The molecular formula is C22H27N3O3. The van der Waals surface area contributed by atoms with Gasteiger partial charge in [0.25, 0.3) is 5.91 Å². The van der Waals surface area contributed by atoms with Gasteiger partial charge in [-0.3, -0.25) is 14.6 Å². The highest BCUT2D eigenvalue weighted by Gasteiger charge is 2.22. The minimum atomic E-state index is -0.141. The Bertz CT molecular complexity index is 802. The first kappa shape index (κ1) is 20.0. The number of nitrogens with one attached hydrogen (secondary N) is 2. The Balaban J connectivity index is 1.52. The van der Waals surface area contributed by atoms with Gasteiger partial charge in [0.1, 0.15) is 0 Å². The molecule has 1 fully saturated rings. The maximum absolute atomic E-state index is 12.4. The van der Waals surface area contributed by atoms with Crippen LogP contribution >= 0.6 is 0 Å². The topological polar surface area (TPSA) is 80.3 Å². The number of aryl methyl sites for hydroxylation is 2. The van der Waals surface area contributed by atoms with Crippen molar-refractivity contribution in [3.8, 4) is 0 Å². The van der Waals surface area contributed by atoms with Crippen LogP contribution in [0.2, 0.25) is 0 Å². The number of pyridine rings is 1. The fourth-order valence-electron chi connectivity index (χ4n) is 3.20. The molecule has 28 heavy (non-hydrogen) atoms. The number of anilines is 1. The van der Waals surface area contributed by atoms with Gasteiger partial charge < -0.3 is 15.4 Å². The van der Waals surface area contributed by atoms with E-state index < -0.39 is 0 Å². The summed E-state index contributed by atoms with van der Waals surface area (Å²) in [6.45, 7) is 3.67. The molecule has 0 radical (unpaired) electrons. The van der Waals surface area contributed by atoms with E-state index in [4.69, 9.17) is 4.74 Å². The number of carbonyl (C=O) groups is 2. The molecule has 1 atom stereocenters. The number of nitrogens with zero attached hydrogens (tertiary/aromatic N) is 1. The van der Waals surface area contributed by atoms with Crippen molar-refractivity contribution in [1.82, 2.24) is 10.3 Å². The summed E-state index contributed by atoms with van der Waals surface area (Å²) >= 11 is 0. The summed E-state index contributed by atoms with van der Waals surface area (Å²) in [6.07, 6.45) is 5.15. The second-order valence-corrected chi connectivity index (χ2v) is 7.11. The summed E-state index contributed by atoms with van der Waals surface area (Å²) in [5.41, 5.74) is 3.16. The lowest BCUT2D eigenvalue weighted by Crippen LogP contribution is -2.30. The average molecular weight is 381 g/mol. The summed E-state index contributed by atoms with van der Waals surface area (Å²) in [4.78, 5) is 29.2. The Morgan fingerprint density at radius 1 is 1.25 bits per heavy atom. The first-order valence-corrected chi connectivity index (χ1v) is 9.81. The van der Waals surface area contributed by atoms with Crippen molar-refractivity contribution < 1.29 is 14.3 Å². The van der Waals surface area contributed by atoms with Gasteiger partial charge in [0.2, 0.25) is 5.91 Å². The standard InChI is InChI=1S/C22H27N3O3/c1-16-9-10-17(14-20(16)25-22(27)18-6-5-13-28-15-18)21(26)24-12-4-8-19-7-2-3-11-23-19/h2-3,7,9-11,14,18H,4-6,8,12-13,15H2,1H3,(H,24,26)(H,25,27). The van der Waals surface area contributed by atoms with Gasteiger partial charge >= 0.3 is 0 Å². The molecule has 2 heterocycles. The maximum atomic E-state index is 12.4. The van der Waals surface area contributed by atoms with E-state index in [9.17, 15) is 9.59 Å². The van der Waals surface area contributed by atoms with Crippen LogP contribution in [0.25, 0.3) is 0 Å². The van der Waals surface area contributed by atoms with Gasteiger partial charge in [0.05, 0.1) is 12.5 Å². The Kier molecular flexibility index (Phi) is 7.14. The van der Waals surface area contributed by atoms with Crippen molar-refractivity contribution in [2.45, 2.75) is 32.6 Å². The zero-order chi connectivity index (χ0) is 19.8. The van der Waals surface area contributed by atoms with Crippen LogP contribution in [0.15, 0.2) is 42.6 Å². The first-order chi connectivity index (χ1) is 13.6. The molecule has 3 rings (SSSR count). The lowest BCUT2D eigenvalue weighted by molar-refractivity contribution is -0.123. The number of aromatic nitrogens is 1. The SMILES string of the molecule is Cc1ccc(C(=O)NCCCc2ccccn2)cc1NC(=O)C1CCCOC1. The van der Waals surface area contributed by atoms with Crippen LogP contribution in [-0.4, -0.2) is 36.6 Å². The van der Waals surface area contributed by atoms with Crippen molar-refractivity contribution in [2.75, 3.05) is 25.1 Å². The molecule has 0 aliphatic carbocycles. The van der Waals surface area contributed by atoms with Gasteiger partial charge in [0.15, 0.2) is 0 Å². The summed E-state index contributed by atoms with van der Waals surface area (Å²) in [6, 6.07) is 11.2. The predicted octanol–water partition coefficient (Wildman–Crippen LogP) is 3.12. The third kappa shape index (κ3) is 5.63. The molecule has 0 spiro atoms. The fraction of sp³-hybridized carbons (Fsp3) is 0.409. The summed E-state index contributed by atoms with van der Waals surface area (Å²) in [5, 5.41) is 5.89. The second kappa shape index (κ2) is 9.99. The Hall–Kier alpha value is -2.73. The molecule has 1 unspecified atom stereocenters. The molecule has 1 aromatic carbocycles. The van der Waals surface area contributed by atoms with Crippen LogP contribution in [0.5, 0.6) is 0 Å². The first-order valence-electron chi connectivity index (χ1n) is 9.81. The summed E-state index contributed by atoms with van der Waals surface area (Å²) in [7, 11) is 0. The van der Waals surface area contributed by atoms with Crippen LogP contribution in [-0.2, 0) is 16.0 Å². The molecule has 6 heteroatoms. The smallest absolute Gasteiger partial charge is 0.251 e. The highest BCUT2D eigenvalue weighted by atomic mass is 16.5. The molecule has 148 valence electrons. The number of hydrogen-bond acceptors (Lipinski definition) is 4. The summed E-state index contributed by atoms with van der Waals surface area (Å²) < 4.78 is 5.39. The van der Waals surface area contributed by atoms with Crippen molar-refractivity contribution in [2.24, 2.45) is 5.92 Å². The van der Waals surface area contributed by atoms with E-state index in [1.165, 1.54) is 0 Å². The molecule has 0 bridgehead atoms. The average Bonchev–Trinajstić information content (AvgIpc) is 2.74. The van der Waals surface area contributed by atoms with Gasteiger partial charge in [-0.05, 0) is 62.4 Å². The fourth-order valence-corrected chi connectivity index (χ4v) is 3.20. The van der Waals surface area contributed by atoms with Gasteiger partial charge in [-0.25, -0.2) is 0 Å². The lowest BCUT2D eigenvalue weighted by Gasteiger charge is -2.22. The monoisotopic (exact) mass is 381 g/mol. The zero-order valence-corrected chi connectivity index (χ0v) is 16.2. The zero-order valence-electron chi connectivity index (χ0n) is 16.2. The number of amides is 2. The predicted molar refractivity (Wildman–Crippen MR) is 108 cm³/mol. The van der Waals surface area contributed by atoms with Crippen molar-refractivity contribution >= 4 is 17.5 Å². The van der Waals surface area contributed by atoms with E-state index in [1.54, 1.807) is 18.3 Å². The molecule has 0 saturated carbocycles. The van der Waals surface area contributed by atoms with E-state index in [-0.39, 0.29) is 17.7 Å². The van der Waals surface area contributed by atoms with Crippen LogP contribution in [0.4, 0.5) is 5.69 Å². The minimum Gasteiger partial charge on any atom is -0.381 e. The summed E-state index contributed by atoms with van der Waals surface area (Å²) in [5.74, 6) is -0.314. The van der Waals surface area contributed by atoms with E-state index in [1.807, 2.05) is 31.2 Å². The highest BCUT2D eigenvalue weighted by molar-refractivity contribution is 5.98. The maximum Gasteiger partial charge on any atom is 0.251 e. The molecule has 1 aliphatic heterocycles. The molecule has 2 aromatic rings. The number of ether oxygens (including phenoxy) is 1. The van der Waals surface area contributed by atoms with Crippen LogP contribution in [0.1, 0.15) is 40.9 Å². The number of rotatable bonds is 7. The largest absolute Gasteiger partial charge is 0.381 e. The van der Waals surface area contributed by atoms with Crippen molar-refractivity contribution in [3.63, 3.8) is 0 Å². The number of hydrogen-bond donors (Lipinski definition) is 2. The normalized spacial score (nSPS) is 16.4. The Morgan fingerprint density at radius 2 is 2.14 bits per heavy atom. The molecule has 2 N–H and O–H groups in total. The van der Waals surface area contributed by atoms with E-state index >= 15 is 0 Å². The van der Waals surface area contributed by atoms with Crippen LogP contribution in [0, 0.1) is 12.8 Å². The highest BCUT2D eigenvalue weighted by Crippen LogP contribution is 2.20. The van der Waals surface area contributed by atoms with Gasteiger partial charge in [-0.15, -0.1) is 0 Å². The van der Waals surface area contributed by atoms with Gasteiger partial charge in [0, 0.05) is 36.3 Å². The molecular weight excluding hydrogens is 354 g/mol. The Morgan fingerprint density at radius 3 is 2.89 bits per heavy atom. The quantitative estimate of drug-likeness (QED) is 0.722. The molecule has 1 aromatic heterocycles. The van der Waals surface area contributed by atoms with Crippen LogP contribution < -0.4 is 10.6 Å². The van der Waals surface area contributed by atoms with E-state index in [0.29, 0.717) is 24.4 Å². The second-order valence-electron chi connectivity index (χ2n) is 7.11. The van der Waals surface area contributed by atoms with E-state index in [0.717, 1.165) is 43.5 Å². The van der Waals surface area contributed by atoms with E-state index in [2.05, 4.69) is 15.6 Å². The third-order valence-corrected chi connectivity index (χ3v) is 4.91. The van der Waals surface area contributed by atoms with Gasteiger partial charge in [-0.1, -0.05) is 12.1 Å². The molecule has 1 saturated heterocycles. The minimum absolute atomic E-state index is 0.0456. The number of carbonyl (C=O) groups excluding carboxylic acids is 2. The van der Waals surface area contributed by atoms with Gasteiger partial charge in [-0.2, -0.15) is 0 Å². The molecule has 1 aliphatic rings. The Labute approximate surface area is 165 Å². The molecule has 6 nitrogen and oxygen atoms in total. The molecule has 2 amide bonds. The lowest BCUT2D eigenvalue weighted by atomic mass is 10.0. The number of benzene rings is 1. The van der Waals surface area contributed by atoms with Crippen LogP contribution in [0.3, 0.4) is 0 Å². The van der Waals surface area contributed by atoms with Crippen molar-refractivity contribution in [1.29, 1.82) is 0 Å². The van der Waals surface area contributed by atoms with Crippen molar-refractivity contribution in [3.05, 3.63) is 59.4 Å². The third-order valence-electron chi connectivity index (χ3n) is 4.91.